The SMILES string of the molecule is O=C1N(C2CCCCC2)CCC12C[C@@H](O)CN2C1CCCC1. The fourth-order valence-corrected chi connectivity index (χ4v) is 5.67. The molecule has 2 aliphatic carbocycles. The Kier molecular flexibility index (Phi) is 3.93. The number of aliphatic hydroxyl groups is 1. The molecule has 2 saturated carbocycles. The number of carbonyl (C=O) groups is 1. The molecule has 2 aliphatic heterocycles. The van der Waals surface area contributed by atoms with Crippen LogP contribution in [-0.4, -0.2) is 57.6 Å². The van der Waals surface area contributed by atoms with E-state index in [2.05, 4.69) is 9.80 Å². The lowest BCUT2D eigenvalue weighted by Crippen LogP contribution is -2.55. The average Bonchev–Trinajstić information content (AvgIpc) is 3.22. The van der Waals surface area contributed by atoms with Gasteiger partial charge in [0.2, 0.25) is 5.91 Å². The van der Waals surface area contributed by atoms with E-state index in [1.807, 2.05) is 0 Å². The molecule has 0 radical (unpaired) electrons. The molecule has 124 valence electrons. The summed E-state index contributed by atoms with van der Waals surface area (Å²) in [5, 5.41) is 10.3. The number of amides is 1. The molecular formula is C18H30N2O2. The second kappa shape index (κ2) is 5.79. The Morgan fingerprint density at radius 3 is 2.32 bits per heavy atom. The van der Waals surface area contributed by atoms with Gasteiger partial charge in [-0.2, -0.15) is 0 Å². The molecule has 0 aromatic rings. The van der Waals surface area contributed by atoms with Gasteiger partial charge in [0.1, 0.15) is 5.54 Å². The normalized spacial score (nSPS) is 38.7. The summed E-state index contributed by atoms with van der Waals surface area (Å²) in [6.07, 6.45) is 12.6. The van der Waals surface area contributed by atoms with Gasteiger partial charge >= 0.3 is 0 Å². The number of nitrogens with zero attached hydrogens (tertiary/aromatic N) is 2. The largest absolute Gasteiger partial charge is 0.392 e. The third-order valence-electron chi connectivity index (χ3n) is 6.74. The first-order chi connectivity index (χ1) is 10.7. The Balaban J connectivity index is 1.55. The molecule has 2 heterocycles. The van der Waals surface area contributed by atoms with Crippen LogP contribution in [0, 0.1) is 0 Å². The van der Waals surface area contributed by atoms with Crippen molar-refractivity contribution in [2.24, 2.45) is 0 Å². The number of rotatable bonds is 2. The molecule has 4 fully saturated rings. The fraction of sp³-hybridized carbons (Fsp3) is 0.944. The van der Waals surface area contributed by atoms with Crippen LogP contribution in [0.25, 0.3) is 0 Å². The first kappa shape index (κ1) is 14.9. The summed E-state index contributed by atoms with van der Waals surface area (Å²) in [6.45, 7) is 1.63. The summed E-state index contributed by atoms with van der Waals surface area (Å²) in [5.41, 5.74) is -0.355. The van der Waals surface area contributed by atoms with Crippen molar-refractivity contribution in [3.8, 4) is 0 Å². The van der Waals surface area contributed by atoms with E-state index < -0.39 is 0 Å². The molecule has 2 atom stereocenters. The predicted molar refractivity (Wildman–Crippen MR) is 85.5 cm³/mol. The number of β-amino-alcohol motifs (C(OH)–C–C–N with tert-alkyl or cyclic N) is 1. The van der Waals surface area contributed by atoms with Gasteiger partial charge in [-0.05, 0) is 32.1 Å². The summed E-state index contributed by atoms with van der Waals surface area (Å²) in [5.74, 6) is 0.350. The number of carbonyl (C=O) groups excluding carboxylic acids is 1. The molecule has 4 aliphatic rings. The lowest BCUT2D eigenvalue weighted by Gasteiger charge is -2.39. The minimum absolute atomic E-state index is 0.309. The molecule has 0 aromatic carbocycles. The Morgan fingerprint density at radius 2 is 1.59 bits per heavy atom. The van der Waals surface area contributed by atoms with Crippen LogP contribution in [0.3, 0.4) is 0 Å². The molecule has 4 nitrogen and oxygen atoms in total. The maximum atomic E-state index is 13.3. The van der Waals surface area contributed by atoms with Crippen LogP contribution in [0.2, 0.25) is 0 Å². The second-order valence-electron chi connectivity index (χ2n) is 8.02. The minimum atomic E-state index is -0.355. The van der Waals surface area contributed by atoms with Crippen LogP contribution in [0.5, 0.6) is 0 Å². The molecule has 1 amide bonds. The zero-order valence-corrected chi connectivity index (χ0v) is 13.7. The van der Waals surface area contributed by atoms with Crippen LogP contribution in [0.15, 0.2) is 0 Å². The third kappa shape index (κ3) is 2.30. The first-order valence-electron chi connectivity index (χ1n) is 9.46. The summed E-state index contributed by atoms with van der Waals surface area (Å²) in [6, 6.07) is 1.01. The highest BCUT2D eigenvalue weighted by molar-refractivity contribution is 5.89. The molecule has 0 bridgehead atoms. The first-order valence-corrected chi connectivity index (χ1v) is 9.46. The number of aliphatic hydroxyl groups excluding tert-OH is 1. The van der Waals surface area contributed by atoms with Crippen molar-refractivity contribution >= 4 is 5.91 Å². The summed E-state index contributed by atoms with van der Waals surface area (Å²) >= 11 is 0. The van der Waals surface area contributed by atoms with Gasteiger partial charge in [-0.3, -0.25) is 9.69 Å². The maximum absolute atomic E-state index is 13.3. The Labute approximate surface area is 133 Å². The molecule has 1 unspecified atom stereocenters. The number of likely N-dealkylation sites (tertiary alicyclic amines) is 2. The Morgan fingerprint density at radius 1 is 0.955 bits per heavy atom. The van der Waals surface area contributed by atoms with Crippen molar-refractivity contribution < 1.29 is 9.90 Å². The van der Waals surface area contributed by atoms with E-state index in [9.17, 15) is 9.90 Å². The van der Waals surface area contributed by atoms with E-state index in [1.54, 1.807) is 0 Å². The van der Waals surface area contributed by atoms with Crippen LogP contribution in [0.4, 0.5) is 0 Å². The summed E-state index contributed by atoms with van der Waals surface area (Å²) in [4.78, 5) is 17.9. The Hall–Kier alpha value is -0.610. The summed E-state index contributed by atoms with van der Waals surface area (Å²) < 4.78 is 0. The van der Waals surface area contributed by atoms with E-state index in [4.69, 9.17) is 0 Å². The van der Waals surface area contributed by atoms with Crippen molar-refractivity contribution in [2.45, 2.75) is 94.4 Å². The quantitative estimate of drug-likeness (QED) is 0.851. The van der Waals surface area contributed by atoms with Gasteiger partial charge in [-0.1, -0.05) is 32.1 Å². The number of hydrogen-bond donors (Lipinski definition) is 1. The molecule has 4 rings (SSSR count). The Bertz CT molecular complexity index is 429. The van der Waals surface area contributed by atoms with Crippen LogP contribution < -0.4 is 0 Å². The molecule has 1 spiro atoms. The predicted octanol–water partition coefficient (Wildman–Crippen LogP) is 2.30. The standard InChI is InChI=1S/C18H30N2O2/c21-16-12-18(20(13-16)15-8-4-5-9-15)10-11-19(17(18)22)14-6-2-1-3-7-14/h14-16,21H,1-13H2/t16-,18?/m1/s1. The van der Waals surface area contributed by atoms with E-state index in [0.29, 0.717) is 24.4 Å². The second-order valence-corrected chi connectivity index (χ2v) is 8.02. The molecule has 4 heteroatoms. The van der Waals surface area contributed by atoms with Gasteiger partial charge in [0.15, 0.2) is 0 Å². The van der Waals surface area contributed by atoms with E-state index >= 15 is 0 Å². The van der Waals surface area contributed by atoms with E-state index in [1.165, 1.54) is 57.8 Å². The van der Waals surface area contributed by atoms with E-state index in [0.717, 1.165) is 19.5 Å². The smallest absolute Gasteiger partial charge is 0.243 e. The van der Waals surface area contributed by atoms with Gasteiger partial charge in [0.25, 0.3) is 0 Å². The third-order valence-corrected chi connectivity index (χ3v) is 6.74. The highest BCUT2D eigenvalue weighted by atomic mass is 16.3. The maximum Gasteiger partial charge on any atom is 0.243 e. The van der Waals surface area contributed by atoms with Crippen LogP contribution in [-0.2, 0) is 4.79 Å². The highest BCUT2D eigenvalue weighted by Crippen LogP contribution is 2.44. The molecule has 1 N–H and O–H groups in total. The van der Waals surface area contributed by atoms with Crippen molar-refractivity contribution in [3.63, 3.8) is 0 Å². The highest BCUT2D eigenvalue weighted by Gasteiger charge is 2.58. The van der Waals surface area contributed by atoms with Crippen molar-refractivity contribution in [1.82, 2.24) is 9.80 Å². The molecular weight excluding hydrogens is 276 g/mol. The zero-order chi connectivity index (χ0) is 15.2. The van der Waals surface area contributed by atoms with Gasteiger partial charge in [0.05, 0.1) is 6.10 Å². The van der Waals surface area contributed by atoms with Crippen LogP contribution >= 0.6 is 0 Å². The molecule has 22 heavy (non-hydrogen) atoms. The van der Waals surface area contributed by atoms with Gasteiger partial charge < -0.3 is 10.0 Å². The lowest BCUT2D eigenvalue weighted by molar-refractivity contribution is -0.140. The monoisotopic (exact) mass is 306 g/mol. The molecule has 2 saturated heterocycles. The minimum Gasteiger partial charge on any atom is -0.392 e. The van der Waals surface area contributed by atoms with Crippen LogP contribution in [0.1, 0.15) is 70.6 Å². The summed E-state index contributed by atoms with van der Waals surface area (Å²) in [7, 11) is 0. The van der Waals surface area contributed by atoms with Gasteiger partial charge in [-0.25, -0.2) is 0 Å². The fourth-order valence-electron chi connectivity index (χ4n) is 5.67. The van der Waals surface area contributed by atoms with Crippen molar-refractivity contribution in [2.75, 3.05) is 13.1 Å². The van der Waals surface area contributed by atoms with E-state index in [-0.39, 0.29) is 11.6 Å². The van der Waals surface area contributed by atoms with Gasteiger partial charge in [-0.15, -0.1) is 0 Å². The average molecular weight is 306 g/mol. The topological polar surface area (TPSA) is 43.8 Å². The zero-order valence-electron chi connectivity index (χ0n) is 13.7. The molecule has 0 aromatic heterocycles. The van der Waals surface area contributed by atoms with Crippen molar-refractivity contribution in [3.05, 3.63) is 0 Å². The van der Waals surface area contributed by atoms with Crippen molar-refractivity contribution in [1.29, 1.82) is 0 Å². The lowest BCUT2D eigenvalue weighted by atomic mass is 9.91. The van der Waals surface area contributed by atoms with Gasteiger partial charge in [0, 0.05) is 31.6 Å². The number of hydrogen-bond acceptors (Lipinski definition) is 3.